The zero-order valence-electron chi connectivity index (χ0n) is 14.7. The topological polar surface area (TPSA) is 86.4 Å². The van der Waals surface area contributed by atoms with Crippen LogP contribution in [0.25, 0.3) is 17.0 Å². The molecule has 0 bridgehead atoms. The van der Waals surface area contributed by atoms with Crippen molar-refractivity contribution in [3.63, 3.8) is 0 Å². The van der Waals surface area contributed by atoms with E-state index >= 15 is 0 Å². The lowest BCUT2D eigenvalue weighted by atomic mass is 10.1. The Labute approximate surface area is 156 Å². The van der Waals surface area contributed by atoms with Crippen LogP contribution in [0.15, 0.2) is 60.8 Å². The summed E-state index contributed by atoms with van der Waals surface area (Å²) in [6, 6.07) is 16.3. The Bertz CT molecular complexity index is 962. The first-order valence-electron chi connectivity index (χ1n) is 8.87. The highest BCUT2D eigenvalue weighted by atomic mass is 16.5. The number of ether oxygens (including phenoxy) is 1. The fourth-order valence-electron chi connectivity index (χ4n) is 3.39. The smallest absolute Gasteiger partial charge is 0.267 e. The average Bonchev–Trinajstić information content (AvgIpc) is 3.34. The lowest BCUT2D eigenvalue weighted by Crippen LogP contribution is -2.27. The number of carbonyl (C=O) groups excluding carboxylic acids is 1. The molecule has 138 valence electrons. The van der Waals surface area contributed by atoms with E-state index in [2.05, 4.69) is 34.7 Å². The molecule has 0 aliphatic carbocycles. The standard InChI is InChI=1S/C21H21N3O3/c25-20(24-26)10-7-14-5-8-15(9-6-14)21-23-17(13-27-21)11-16-12-22-19-4-2-1-3-18(16)19/h1-10,12,17,21-23,26H,11,13H2,(H,24,25). The van der Waals surface area contributed by atoms with Gasteiger partial charge in [-0.15, -0.1) is 0 Å². The van der Waals surface area contributed by atoms with Crippen LogP contribution >= 0.6 is 0 Å². The first-order valence-corrected chi connectivity index (χ1v) is 8.87. The molecular formula is C21H21N3O3. The molecule has 2 heterocycles. The van der Waals surface area contributed by atoms with Crippen molar-refractivity contribution in [2.24, 2.45) is 0 Å². The third-order valence-corrected chi connectivity index (χ3v) is 4.77. The highest BCUT2D eigenvalue weighted by Gasteiger charge is 2.26. The molecule has 1 fully saturated rings. The van der Waals surface area contributed by atoms with Gasteiger partial charge in [-0.25, -0.2) is 5.48 Å². The van der Waals surface area contributed by atoms with Gasteiger partial charge in [-0.1, -0.05) is 42.5 Å². The molecular weight excluding hydrogens is 342 g/mol. The number of fused-ring (bicyclic) bond motifs is 1. The van der Waals surface area contributed by atoms with E-state index in [0.717, 1.165) is 23.1 Å². The molecule has 0 spiro atoms. The summed E-state index contributed by atoms with van der Waals surface area (Å²) in [7, 11) is 0. The number of nitrogens with one attached hydrogen (secondary N) is 3. The Kier molecular flexibility index (Phi) is 5.02. The number of aromatic nitrogens is 1. The van der Waals surface area contributed by atoms with Gasteiger partial charge in [0, 0.05) is 29.2 Å². The normalized spacial score (nSPS) is 19.7. The predicted octanol–water partition coefficient (Wildman–Crippen LogP) is 2.92. The van der Waals surface area contributed by atoms with Crippen molar-refractivity contribution in [3.8, 4) is 0 Å². The molecule has 6 nitrogen and oxygen atoms in total. The zero-order chi connectivity index (χ0) is 18.6. The van der Waals surface area contributed by atoms with Crippen LogP contribution in [-0.2, 0) is 16.0 Å². The molecule has 1 aromatic heterocycles. The molecule has 0 radical (unpaired) electrons. The first-order chi connectivity index (χ1) is 13.2. The Morgan fingerprint density at radius 1 is 1.22 bits per heavy atom. The molecule has 4 N–H and O–H groups in total. The molecule has 1 aliphatic heterocycles. The van der Waals surface area contributed by atoms with Crippen LogP contribution in [0.5, 0.6) is 0 Å². The highest BCUT2D eigenvalue weighted by Crippen LogP contribution is 2.25. The van der Waals surface area contributed by atoms with Crippen molar-refractivity contribution in [1.29, 1.82) is 0 Å². The summed E-state index contributed by atoms with van der Waals surface area (Å²) in [5.74, 6) is -0.556. The monoisotopic (exact) mass is 363 g/mol. The van der Waals surface area contributed by atoms with Crippen LogP contribution in [-0.4, -0.2) is 28.7 Å². The number of benzene rings is 2. The fraction of sp³-hybridized carbons (Fsp3) is 0.190. The summed E-state index contributed by atoms with van der Waals surface area (Å²) < 4.78 is 5.93. The van der Waals surface area contributed by atoms with Crippen LogP contribution in [0.4, 0.5) is 0 Å². The summed E-state index contributed by atoms with van der Waals surface area (Å²) >= 11 is 0. The first kappa shape index (κ1) is 17.5. The minimum Gasteiger partial charge on any atom is -0.361 e. The van der Waals surface area contributed by atoms with Gasteiger partial charge in [0.2, 0.25) is 0 Å². The van der Waals surface area contributed by atoms with Crippen molar-refractivity contribution in [1.82, 2.24) is 15.8 Å². The Morgan fingerprint density at radius 2 is 2.04 bits per heavy atom. The Hall–Kier alpha value is -2.93. The molecule has 1 aliphatic rings. The van der Waals surface area contributed by atoms with E-state index in [4.69, 9.17) is 9.94 Å². The number of aromatic amines is 1. The van der Waals surface area contributed by atoms with Gasteiger partial charge in [0.1, 0.15) is 6.23 Å². The minimum absolute atomic E-state index is 0.140. The lowest BCUT2D eigenvalue weighted by Gasteiger charge is -2.12. The minimum atomic E-state index is -0.556. The summed E-state index contributed by atoms with van der Waals surface area (Å²) in [6.07, 6.45) is 5.74. The van der Waals surface area contributed by atoms with E-state index in [1.807, 2.05) is 30.3 Å². The summed E-state index contributed by atoms with van der Waals surface area (Å²) in [5, 5.41) is 13.3. The molecule has 27 heavy (non-hydrogen) atoms. The summed E-state index contributed by atoms with van der Waals surface area (Å²) in [4.78, 5) is 14.3. The number of hydroxylamine groups is 1. The van der Waals surface area contributed by atoms with Crippen molar-refractivity contribution in [3.05, 3.63) is 77.5 Å². The van der Waals surface area contributed by atoms with E-state index in [-0.39, 0.29) is 12.3 Å². The van der Waals surface area contributed by atoms with Crippen molar-refractivity contribution >= 4 is 22.9 Å². The number of H-pyrrole nitrogens is 1. The van der Waals surface area contributed by atoms with E-state index in [0.29, 0.717) is 6.61 Å². The fourth-order valence-corrected chi connectivity index (χ4v) is 3.39. The third kappa shape index (κ3) is 3.93. The number of hydrogen-bond donors (Lipinski definition) is 4. The van der Waals surface area contributed by atoms with Crippen LogP contribution < -0.4 is 10.8 Å². The highest BCUT2D eigenvalue weighted by molar-refractivity contribution is 5.90. The molecule has 1 amide bonds. The zero-order valence-corrected chi connectivity index (χ0v) is 14.7. The molecule has 2 atom stereocenters. The predicted molar refractivity (Wildman–Crippen MR) is 103 cm³/mol. The van der Waals surface area contributed by atoms with Gasteiger partial charge in [-0.2, -0.15) is 0 Å². The summed E-state index contributed by atoms with van der Waals surface area (Å²) in [6.45, 7) is 0.655. The van der Waals surface area contributed by atoms with Crippen LogP contribution in [0.2, 0.25) is 0 Å². The molecule has 4 rings (SSSR count). The molecule has 1 saturated heterocycles. The third-order valence-electron chi connectivity index (χ3n) is 4.77. The number of amides is 1. The maximum Gasteiger partial charge on any atom is 0.267 e. The second kappa shape index (κ2) is 7.75. The molecule has 0 saturated carbocycles. The van der Waals surface area contributed by atoms with Gasteiger partial charge >= 0.3 is 0 Å². The van der Waals surface area contributed by atoms with Crippen LogP contribution in [0.3, 0.4) is 0 Å². The van der Waals surface area contributed by atoms with E-state index < -0.39 is 5.91 Å². The van der Waals surface area contributed by atoms with Crippen molar-refractivity contribution in [2.45, 2.75) is 18.7 Å². The van der Waals surface area contributed by atoms with E-state index in [9.17, 15) is 4.79 Å². The second-order valence-electron chi connectivity index (χ2n) is 6.62. The molecule has 3 aromatic rings. The molecule has 2 aromatic carbocycles. The lowest BCUT2D eigenvalue weighted by molar-refractivity contribution is -0.124. The van der Waals surface area contributed by atoms with Gasteiger partial charge < -0.3 is 9.72 Å². The van der Waals surface area contributed by atoms with Gasteiger partial charge in [0.05, 0.1) is 6.61 Å². The number of rotatable bonds is 5. The summed E-state index contributed by atoms with van der Waals surface area (Å²) in [5.41, 5.74) is 5.92. The number of para-hydroxylation sites is 1. The average molecular weight is 363 g/mol. The van der Waals surface area contributed by atoms with E-state index in [1.54, 1.807) is 11.6 Å². The van der Waals surface area contributed by atoms with Crippen LogP contribution in [0.1, 0.15) is 22.9 Å². The Balaban J connectivity index is 1.39. The second-order valence-corrected chi connectivity index (χ2v) is 6.62. The number of hydrogen-bond acceptors (Lipinski definition) is 4. The quantitative estimate of drug-likeness (QED) is 0.319. The van der Waals surface area contributed by atoms with Gasteiger partial charge in [-0.05, 0) is 35.3 Å². The Morgan fingerprint density at radius 3 is 2.85 bits per heavy atom. The van der Waals surface area contributed by atoms with Crippen LogP contribution in [0, 0.1) is 0 Å². The van der Waals surface area contributed by atoms with Gasteiger partial charge in [0.25, 0.3) is 5.91 Å². The molecule has 6 heteroatoms. The van der Waals surface area contributed by atoms with Gasteiger partial charge in [-0.3, -0.25) is 15.3 Å². The maximum atomic E-state index is 11.0. The maximum absolute atomic E-state index is 11.0. The van der Waals surface area contributed by atoms with Crippen molar-refractivity contribution < 1.29 is 14.7 Å². The largest absolute Gasteiger partial charge is 0.361 e. The number of carbonyl (C=O) groups is 1. The van der Waals surface area contributed by atoms with Gasteiger partial charge in [0.15, 0.2) is 0 Å². The molecule has 2 unspecified atom stereocenters. The van der Waals surface area contributed by atoms with Crippen molar-refractivity contribution in [2.75, 3.05) is 6.61 Å². The van der Waals surface area contributed by atoms with E-state index in [1.165, 1.54) is 17.0 Å². The SMILES string of the molecule is O=C(C=Cc1ccc(C2NC(Cc3c[nH]c4ccccc34)CO2)cc1)NO.